The van der Waals surface area contributed by atoms with E-state index in [2.05, 4.69) is 6.92 Å². The fourth-order valence-electron chi connectivity index (χ4n) is 2.67. The van der Waals surface area contributed by atoms with Crippen LogP contribution >= 0.6 is 0 Å². The van der Waals surface area contributed by atoms with Gasteiger partial charge in [-0.1, -0.05) is 44.7 Å². The molecule has 1 unspecified atom stereocenters. The van der Waals surface area contributed by atoms with Crippen LogP contribution in [0, 0.1) is 0 Å². The summed E-state index contributed by atoms with van der Waals surface area (Å²) in [6.07, 6.45) is 5.61. The largest absolute Gasteiger partial charge is 0.481 e. The lowest BCUT2D eigenvalue weighted by Gasteiger charge is -2.17. The van der Waals surface area contributed by atoms with Crippen molar-refractivity contribution in [2.45, 2.75) is 51.4 Å². The minimum absolute atomic E-state index is 0.000932. The number of carboxylic acids is 1. The van der Waals surface area contributed by atoms with Crippen LogP contribution in [0.15, 0.2) is 18.2 Å². The van der Waals surface area contributed by atoms with Gasteiger partial charge in [0, 0.05) is 5.56 Å². The second kappa shape index (κ2) is 7.17. The van der Waals surface area contributed by atoms with Crippen LogP contribution in [-0.2, 0) is 4.79 Å². The van der Waals surface area contributed by atoms with Gasteiger partial charge in [-0.05, 0) is 18.4 Å². The van der Waals surface area contributed by atoms with Gasteiger partial charge in [0.05, 0.1) is 6.42 Å². The summed E-state index contributed by atoms with van der Waals surface area (Å²) in [4.78, 5) is 11.1. The fraction of sp³-hybridized carbons (Fsp3) is 0.562. The van der Waals surface area contributed by atoms with Gasteiger partial charge in [0.15, 0.2) is 11.5 Å². The van der Waals surface area contributed by atoms with Gasteiger partial charge in [-0.2, -0.15) is 0 Å². The van der Waals surface area contributed by atoms with Gasteiger partial charge in [-0.3, -0.25) is 4.79 Å². The third kappa shape index (κ3) is 3.65. The van der Waals surface area contributed by atoms with Crippen LogP contribution in [0.1, 0.15) is 56.9 Å². The van der Waals surface area contributed by atoms with Crippen LogP contribution in [0.4, 0.5) is 0 Å². The van der Waals surface area contributed by atoms with E-state index in [1.54, 1.807) is 0 Å². The Morgan fingerprint density at radius 1 is 1.30 bits per heavy atom. The number of fused-ring (bicyclic) bond motifs is 1. The van der Waals surface area contributed by atoms with E-state index in [1.807, 2.05) is 18.2 Å². The minimum atomic E-state index is -0.762. The Morgan fingerprint density at radius 3 is 2.90 bits per heavy atom. The normalized spacial score (nSPS) is 14.2. The third-order valence-corrected chi connectivity index (χ3v) is 3.69. The number of para-hydroxylation sites is 1. The molecule has 1 heterocycles. The first-order valence-electron chi connectivity index (χ1n) is 7.32. The van der Waals surface area contributed by atoms with Gasteiger partial charge in [-0.15, -0.1) is 0 Å². The van der Waals surface area contributed by atoms with Crippen LogP contribution in [-0.4, -0.2) is 17.9 Å². The summed E-state index contributed by atoms with van der Waals surface area (Å²) in [5, 5.41) is 9.12. The first-order chi connectivity index (χ1) is 9.72. The molecule has 0 radical (unpaired) electrons. The van der Waals surface area contributed by atoms with Crippen LogP contribution in [0.2, 0.25) is 0 Å². The zero-order valence-electron chi connectivity index (χ0n) is 11.9. The van der Waals surface area contributed by atoms with E-state index in [0.717, 1.165) is 36.3 Å². The van der Waals surface area contributed by atoms with Crippen molar-refractivity contribution >= 4 is 5.97 Å². The first-order valence-corrected chi connectivity index (χ1v) is 7.32. The van der Waals surface area contributed by atoms with E-state index in [9.17, 15) is 4.79 Å². The smallest absolute Gasteiger partial charge is 0.303 e. The van der Waals surface area contributed by atoms with E-state index < -0.39 is 5.97 Å². The zero-order valence-corrected chi connectivity index (χ0v) is 11.9. The summed E-state index contributed by atoms with van der Waals surface area (Å²) in [5.74, 6) is 0.698. The lowest BCUT2D eigenvalue weighted by Crippen LogP contribution is -2.07. The highest BCUT2D eigenvalue weighted by Gasteiger charge is 2.24. The minimum Gasteiger partial charge on any atom is -0.481 e. The number of aliphatic carboxylic acids is 1. The lowest BCUT2D eigenvalue weighted by molar-refractivity contribution is -0.137. The molecule has 0 amide bonds. The number of carboxylic acid groups (broad SMARTS) is 1. The molecule has 4 nitrogen and oxygen atoms in total. The average molecular weight is 278 g/mol. The predicted octanol–water partition coefficient (Wildman–Crippen LogP) is 3.94. The SMILES string of the molecule is CCCCCCC(CC(=O)O)c1cccc2c1OCO2. The van der Waals surface area contributed by atoms with Gasteiger partial charge >= 0.3 is 5.97 Å². The lowest BCUT2D eigenvalue weighted by atomic mass is 9.89. The molecule has 110 valence electrons. The topological polar surface area (TPSA) is 55.8 Å². The molecule has 0 bridgehead atoms. The molecule has 20 heavy (non-hydrogen) atoms. The van der Waals surface area contributed by atoms with E-state index in [4.69, 9.17) is 14.6 Å². The summed E-state index contributed by atoms with van der Waals surface area (Å²) in [6, 6.07) is 5.73. The highest BCUT2D eigenvalue weighted by Crippen LogP contribution is 2.41. The number of unbranched alkanes of at least 4 members (excludes halogenated alkanes) is 3. The molecule has 0 aromatic heterocycles. The molecule has 4 heteroatoms. The molecular formula is C16H22O4. The van der Waals surface area contributed by atoms with Crippen molar-refractivity contribution in [1.29, 1.82) is 0 Å². The quantitative estimate of drug-likeness (QED) is 0.732. The van der Waals surface area contributed by atoms with E-state index in [-0.39, 0.29) is 19.1 Å². The molecular weight excluding hydrogens is 256 g/mol. The summed E-state index contributed by atoms with van der Waals surface area (Å²) in [5.41, 5.74) is 0.971. The van der Waals surface area contributed by atoms with Crippen molar-refractivity contribution in [2.75, 3.05) is 6.79 Å². The van der Waals surface area contributed by atoms with Gasteiger partial charge in [0.2, 0.25) is 6.79 Å². The Morgan fingerprint density at radius 2 is 2.15 bits per heavy atom. The molecule has 0 fully saturated rings. The maximum atomic E-state index is 11.1. The molecule has 1 aliphatic heterocycles. The Kier molecular flexibility index (Phi) is 5.27. The summed E-state index contributed by atoms with van der Waals surface area (Å²) < 4.78 is 10.9. The standard InChI is InChI=1S/C16H22O4/c1-2-3-4-5-7-12(10-15(17)18)13-8-6-9-14-16(13)20-11-19-14/h6,8-9,12H,2-5,7,10-11H2,1H3,(H,17,18). The second-order valence-corrected chi connectivity index (χ2v) is 5.23. The van der Waals surface area contributed by atoms with Gasteiger partial charge in [0.25, 0.3) is 0 Å². The molecule has 1 atom stereocenters. The molecule has 1 aliphatic rings. The van der Waals surface area contributed by atoms with Crippen LogP contribution < -0.4 is 9.47 Å². The number of hydrogen-bond donors (Lipinski definition) is 1. The Bertz CT molecular complexity index is 456. The number of carbonyl (C=O) groups is 1. The highest BCUT2D eigenvalue weighted by atomic mass is 16.7. The van der Waals surface area contributed by atoms with Crippen molar-refractivity contribution in [3.63, 3.8) is 0 Å². The maximum Gasteiger partial charge on any atom is 0.303 e. The Balaban J connectivity index is 2.10. The molecule has 0 spiro atoms. The number of ether oxygens (including phenoxy) is 2. The fourth-order valence-corrected chi connectivity index (χ4v) is 2.67. The second-order valence-electron chi connectivity index (χ2n) is 5.23. The summed E-state index contributed by atoms with van der Waals surface area (Å²) in [7, 11) is 0. The number of hydrogen-bond acceptors (Lipinski definition) is 3. The van der Waals surface area contributed by atoms with Crippen LogP contribution in [0.25, 0.3) is 0 Å². The predicted molar refractivity (Wildman–Crippen MR) is 76.3 cm³/mol. The molecule has 0 aliphatic carbocycles. The van der Waals surface area contributed by atoms with Gasteiger partial charge in [-0.25, -0.2) is 0 Å². The van der Waals surface area contributed by atoms with Crippen molar-refractivity contribution in [1.82, 2.24) is 0 Å². The van der Waals surface area contributed by atoms with E-state index in [0.29, 0.717) is 0 Å². The number of benzene rings is 1. The molecule has 0 saturated carbocycles. The molecule has 1 aromatic carbocycles. The van der Waals surface area contributed by atoms with Crippen molar-refractivity contribution in [2.24, 2.45) is 0 Å². The molecule has 1 aromatic rings. The Hall–Kier alpha value is -1.71. The Labute approximate surface area is 119 Å². The highest BCUT2D eigenvalue weighted by molar-refractivity contribution is 5.68. The molecule has 2 rings (SSSR count). The zero-order chi connectivity index (χ0) is 14.4. The van der Waals surface area contributed by atoms with Crippen molar-refractivity contribution in [3.05, 3.63) is 23.8 Å². The van der Waals surface area contributed by atoms with E-state index >= 15 is 0 Å². The van der Waals surface area contributed by atoms with Crippen LogP contribution in [0.5, 0.6) is 11.5 Å². The van der Waals surface area contributed by atoms with E-state index in [1.165, 1.54) is 12.8 Å². The third-order valence-electron chi connectivity index (χ3n) is 3.69. The van der Waals surface area contributed by atoms with Crippen LogP contribution in [0.3, 0.4) is 0 Å². The molecule has 1 N–H and O–H groups in total. The maximum absolute atomic E-state index is 11.1. The monoisotopic (exact) mass is 278 g/mol. The van der Waals surface area contributed by atoms with Crippen molar-refractivity contribution < 1.29 is 19.4 Å². The first kappa shape index (κ1) is 14.7. The number of rotatable bonds is 8. The van der Waals surface area contributed by atoms with Gasteiger partial charge < -0.3 is 14.6 Å². The summed E-state index contributed by atoms with van der Waals surface area (Å²) in [6.45, 7) is 2.39. The van der Waals surface area contributed by atoms with Crippen molar-refractivity contribution in [3.8, 4) is 11.5 Å². The average Bonchev–Trinajstić information content (AvgIpc) is 2.90. The van der Waals surface area contributed by atoms with Gasteiger partial charge in [0.1, 0.15) is 0 Å². The summed E-state index contributed by atoms with van der Waals surface area (Å²) >= 11 is 0. The molecule has 0 saturated heterocycles.